The lowest BCUT2D eigenvalue weighted by Gasteiger charge is -2.34. The zero-order valence-corrected chi connectivity index (χ0v) is 11.2. The van der Waals surface area contributed by atoms with Crippen molar-refractivity contribution in [3.63, 3.8) is 0 Å². The van der Waals surface area contributed by atoms with Gasteiger partial charge >= 0.3 is 0 Å². The van der Waals surface area contributed by atoms with Crippen molar-refractivity contribution < 1.29 is 4.74 Å². The molecule has 1 heterocycles. The van der Waals surface area contributed by atoms with E-state index in [0.717, 1.165) is 26.2 Å². The van der Waals surface area contributed by atoms with Gasteiger partial charge in [0.1, 0.15) is 0 Å². The predicted octanol–water partition coefficient (Wildman–Crippen LogP) is 2.96. The molecule has 1 unspecified atom stereocenters. The Morgan fingerprint density at radius 2 is 2.18 bits per heavy atom. The molecule has 1 atom stereocenters. The fourth-order valence-corrected chi connectivity index (χ4v) is 2.43. The number of hydrogen-bond acceptors (Lipinski definition) is 2. The number of ether oxygens (including phenoxy) is 1. The monoisotopic (exact) mass is 233 g/mol. The summed E-state index contributed by atoms with van der Waals surface area (Å²) >= 11 is 0. The normalized spacial score (nSPS) is 24.9. The van der Waals surface area contributed by atoms with E-state index >= 15 is 0 Å². The van der Waals surface area contributed by atoms with E-state index in [-0.39, 0.29) is 5.54 Å². The van der Waals surface area contributed by atoms with Gasteiger partial charge < -0.3 is 10.1 Å². The molecule has 0 bridgehead atoms. The van der Waals surface area contributed by atoms with Crippen LogP contribution < -0.4 is 5.32 Å². The summed E-state index contributed by atoms with van der Waals surface area (Å²) < 4.78 is 5.56. The van der Waals surface area contributed by atoms with Crippen LogP contribution in [0.1, 0.15) is 36.5 Å². The van der Waals surface area contributed by atoms with E-state index in [1.165, 1.54) is 23.1 Å². The Labute approximate surface area is 104 Å². The van der Waals surface area contributed by atoms with E-state index in [4.69, 9.17) is 4.74 Å². The molecule has 0 spiro atoms. The van der Waals surface area contributed by atoms with Crippen LogP contribution in [0.5, 0.6) is 0 Å². The molecule has 2 nitrogen and oxygen atoms in total. The molecule has 1 aromatic carbocycles. The van der Waals surface area contributed by atoms with Crippen LogP contribution in [0.15, 0.2) is 18.2 Å². The standard InChI is InChI=1S/C15H23NO/c1-12-5-6-14(13(2)9-12)10-16-15(3)7-4-8-17-11-15/h5-6,9,16H,4,7-8,10-11H2,1-3H3. The lowest BCUT2D eigenvalue weighted by molar-refractivity contribution is 0.0277. The van der Waals surface area contributed by atoms with E-state index in [2.05, 4.69) is 44.3 Å². The van der Waals surface area contributed by atoms with Gasteiger partial charge in [-0.2, -0.15) is 0 Å². The van der Waals surface area contributed by atoms with Crippen molar-refractivity contribution in [1.29, 1.82) is 0 Å². The SMILES string of the molecule is Cc1ccc(CNC2(C)CCCOC2)c(C)c1. The van der Waals surface area contributed by atoms with E-state index in [1.807, 2.05) is 0 Å². The van der Waals surface area contributed by atoms with Crippen molar-refractivity contribution in [3.05, 3.63) is 34.9 Å². The van der Waals surface area contributed by atoms with Crippen LogP contribution in [-0.2, 0) is 11.3 Å². The molecule has 1 N–H and O–H groups in total. The highest BCUT2D eigenvalue weighted by atomic mass is 16.5. The van der Waals surface area contributed by atoms with Gasteiger partial charge in [-0.25, -0.2) is 0 Å². The smallest absolute Gasteiger partial charge is 0.0645 e. The summed E-state index contributed by atoms with van der Waals surface area (Å²) in [5.74, 6) is 0. The molecule has 1 aliphatic heterocycles. The van der Waals surface area contributed by atoms with Gasteiger partial charge in [-0.05, 0) is 44.7 Å². The van der Waals surface area contributed by atoms with Crippen LogP contribution in [-0.4, -0.2) is 18.8 Å². The molecule has 1 saturated heterocycles. The van der Waals surface area contributed by atoms with E-state index < -0.39 is 0 Å². The molecule has 1 aromatic rings. The molecular weight excluding hydrogens is 210 g/mol. The van der Waals surface area contributed by atoms with Crippen molar-refractivity contribution in [2.24, 2.45) is 0 Å². The van der Waals surface area contributed by atoms with Gasteiger partial charge in [-0.1, -0.05) is 23.8 Å². The second kappa shape index (κ2) is 5.19. The summed E-state index contributed by atoms with van der Waals surface area (Å²) in [7, 11) is 0. The van der Waals surface area contributed by atoms with Gasteiger partial charge in [0.2, 0.25) is 0 Å². The average molecular weight is 233 g/mol. The predicted molar refractivity (Wildman–Crippen MR) is 71.2 cm³/mol. The third kappa shape index (κ3) is 3.30. The fraction of sp³-hybridized carbons (Fsp3) is 0.600. The first-order valence-corrected chi connectivity index (χ1v) is 6.48. The van der Waals surface area contributed by atoms with Gasteiger partial charge in [-0.15, -0.1) is 0 Å². The number of nitrogens with one attached hydrogen (secondary N) is 1. The highest BCUT2D eigenvalue weighted by Crippen LogP contribution is 2.19. The number of hydrogen-bond donors (Lipinski definition) is 1. The van der Waals surface area contributed by atoms with E-state index in [9.17, 15) is 0 Å². The van der Waals surface area contributed by atoms with Gasteiger partial charge in [0.15, 0.2) is 0 Å². The van der Waals surface area contributed by atoms with Crippen LogP contribution in [0.25, 0.3) is 0 Å². The number of aryl methyl sites for hydroxylation is 2. The molecule has 0 radical (unpaired) electrons. The van der Waals surface area contributed by atoms with Crippen LogP contribution in [0.3, 0.4) is 0 Å². The highest BCUT2D eigenvalue weighted by molar-refractivity contribution is 5.30. The van der Waals surface area contributed by atoms with Crippen molar-refractivity contribution in [2.75, 3.05) is 13.2 Å². The minimum absolute atomic E-state index is 0.148. The third-order valence-electron chi connectivity index (χ3n) is 3.64. The topological polar surface area (TPSA) is 21.3 Å². The molecular formula is C15H23NO. The maximum Gasteiger partial charge on any atom is 0.0645 e. The molecule has 94 valence electrons. The molecule has 17 heavy (non-hydrogen) atoms. The Morgan fingerprint density at radius 1 is 1.35 bits per heavy atom. The summed E-state index contributed by atoms with van der Waals surface area (Å²) in [5.41, 5.74) is 4.24. The van der Waals surface area contributed by atoms with Gasteiger partial charge in [0.05, 0.1) is 6.61 Å². The second-order valence-corrected chi connectivity index (χ2v) is 5.50. The fourth-order valence-electron chi connectivity index (χ4n) is 2.43. The van der Waals surface area contributed by atoms with Crippen LogP contribution in [0, 0.1) is 13.8 Å². The van der Waals surface area contributed by atoms with Crippen LogP contribution >= 0.6 is 0 Å². The Morgan fingerprint density at radius 3 is 2.82 bits per heavy atom. The summed E-state index contributed by atoms with van der Waals surface area (Å²) in [6, 6.07) is 6.66. The van der Waals surface area contributed by atoms with Gasteiger partial charge in [0.25, 0.3) is 0 Å². The first kappa shape index (κ1) is 12.6. The minimum Gasteiger partial charge on any atom is -0.380 e. The minimum atomic E-state index is 0.148. The first-order valence-electron chi connectivity index (χ1n) is 6.48. The van der Waals surface area contributed by atoms with Crippen molar-refractivity contribution in [1.82, 2.24) is 5.32 Å². The molecule has 0 amide bonds. The van der Waals surface area contributed by atoms with Crippen molar-refractivity contribution in [3.8, 4) is 0 Å². The van der Waals surface area contributed by atoms with E-state index in [1.54, 1.807) is 0 Å². The van der Waals surface area contributed by atoms with Crippen LogP contribution in [0.2, 0.25) is 0 Å². The quantitative estimate of drug-likeness (QED) is 0.866. The Balaban J connectivity index is 1.97. The maximum atomic E-state index is 5.56. The third-order valence-corrected chi connectivity index (χ3v) is 3.64. The van der Waals surface area contributed by atoms with Crippen LogP contribution in [0.4, 0.5) is 0 Å². The molecule has 2 rings (SSSR count). The lowest BCUT2D eigenvalue weighted by Crippen LogP contribution is -2.48. The Hall–Kier alpha value is -0.860. The Bertz CT molecular complexity index is 381. The van der Waals surface area contributed by atoms with Gasteiger partial charge in [-0.3, -0.25) is 0 Å². The summed E-state index contributed by atoms with van der Waals surface area (Å²) in [5, 5.41) is 3.65. The van der Waals surface area contributed by atoms with E-state index in [0.29, 0.717) is 0 Å². The molecule has 0 saturated carbocycles. The average Bonchev–Trinajstić information content (AvgIpc) is 2.29. The summed E-state index contributed by atoms with van der Waals surface area (Å²) in [6.45, 7) is 9.27. The lowest BCUT2D eigenvalue weighted by atomic mass is 9.94. The molecule has 1 aliphatic rings. The molecule has 0 aromatic heterocycles. The summed E-state index contributed by atoms with van der Waals surface area (Å²) in [6.07, 6.45) is 2.37. The highest BCUT2D eigenvalue weighted by Gasteiger charge is 2.26. The zero-order chi connectivity index (χ0) is 12.3. The number of benzene rings is 1. The maximum absolute atomic E-state index is 5.56. The number of rotatable bonds is 3. The molecule has 0 aliphatic carbocycles. The van der Waals surface area contributed by atoms with Crippen molar-refractivity contribution in [2.45, 2.75) is 45.7 Å². The van der Waals surface area contributed by atoms with Gasteiger partial charge in [0, 0.05) is 18.7 Å². The summed E-state index contributed by atoms with van der Waals surface area (Å²) in [4.78, 5) is 0. The first-order chi connectivity index (χ1) is 8.09. The largest absolute Gasteiger partial charge is 0.380 e. The molecule has 1 fully saturated rings. The van der Waals surface area contributed by atoms with Crippen molar-refractivity contribution >= 4 is 0 Å². The Kier molecular flexibility index (Phi) is 3.85. The zero-order valence-electron chi connectivity index (χ0n) is 11.2. The molecule has 2 heteroatoms. The second-order valence-electron chi connectivity index (χ2n) is 5.50.